The topological polar surface area (TPSA) is 111 Å². The average molecular weight is 573 g/mol. The number of aryl methyl sites for hydroxylation is 1. The summed E-state index contributed by atoms with van der Waals surface area (Å²) in [6.45, 7) is 1.71. The number of pyridine rings is 1. The van der Waals surface area contributed by atoms with E-state index in [2.05, 4.69) is 10.3 Å². The fourth-order valence-electron chi connectivity index (χ4n) is 5.14. The second-order valence-corrected chi connectivity index (χ2v) is 11.7. The van der Waals surface area contributed by atoms with Gasteiger partial charge in [0.25, 0.3) is 0 Å². The summed E-state index contributed by atoms with van der Waals surface area (Å²) in [4.78, 5) is 59.7. The number of ether oxygens (including phenoxy) is 1. The Bertz CT molecular complexity index is 1670. The minimum atomic E-state index is -0.753. The van der Waals surface area contributed by atoms with Crippen LogP contribution < -0.4 is 19.8 Å². The molecule has 2 aromatic carbocycles. The van der Waals surface area contributed by atoms with Crippen molar-refractivity contribution in [3.63, 3.8) is 0 Å². The number of carbonyl (C=O) groups is 3. The first-order chi connectivity index (χ1) is 19.4. The molecule has 202 valence electrons. The number of anilines is 2. The Kier molecular flexibility index (Phi) is 6.77. The van der Waals surface area contributed by atoms with Crippen LogP contribution in [0.2, 0.25) is 0 Å². The van der Waals surface area contributed by atoms with Crippen LogP contribution in [0.1, 0.15) is 21.9 Å². The molecule has 0 saturated carbocycles. The molecule has 1 N–H and O–H groups in total. The summed E-state index contributed by atoms with van der Waals surface area (Å²) in [5, 5.41) is 2.58. The number of benzene rings is 2. The van der Waals surface area contributed by atoms with Gasteiger partial charge in [0.1, 0.15) is 17.5 Å². The van der Waals surface area contributed by atoms with Gasteiger partial charge in [0.2, 0.25) is 17.7 Å². The molecule has 11 heteroatoms. The minimum Gasteiger partial charge on any atom is -0.497 e. The van der Waals surface area contributed by atoms with E-state index in [0.29, 0.717) is 27.0 Å². The van der Waals surface area contributed by atoms with Gasteiger partial charge in [-0.3, -0.25) is 28.7 Å². The number of nitrogens with one attached hydrogen (secondary N) is 1. The Labute approximate surface area is 237 Å². The standard InChI is InChI=1S/C29H24N4O5S2/c1-16-5-9-19(10-6-16)33-26(35)23-22(17-4-3-13-30-14-17)25-28(39-24(23)27(33)36)32(29(37)40-25)15-21(34)31-18-7-11-20(38-2)12-8-18/h3-14,22-24H,15H2,1-2H3,(H,31,34). The molecule has 6 rings (SSSR count). The van der Waals surface area contributed by atoms with Gasteiger partial charge in [0.15, 0.2) is 0 Å². The quantitative estimate of drug-likeness (QED) is 0.347. The normalized spacial score (nSPS) is 19.8. The number of methoxy groups -OCH3 is 1. The summed E-state index contributed by atoms with van der Waals surface area (Å²) in [5.41, 5.74) is 2.83. The van der Waals surface area contributed by atoms with E-state index in [-0.39, 0.29) is 29.1 Å². The SMILES string of the molecule is COc1ccc(NC(=O)Cn2c3c(sc2=O)C(c2cccnc2)C2C(=O)N(c4ccc(C)cc4)C(=O)C2S3)cc1. The van der Waals surface area contributed by atoms with Crippen molar-refractivity contribution >= 4 is 52.2 Å². The predicted octanol–water partition coefficient (Wildman–Crippen LogP) is 4.06. The summed E-state index contributed by atoms with van der Waals surface area (Å²) < 4.78 is 6.55. The highest BCUT2D eigenvalue weighted by Gasteiger charge is 2.56. The van der Waals surface area contributed by atoms with Gasteiger partial charge in [-0.05, 0) is 55.0 Å². The first-order valence-electron chi connectivity index (χ1n) is 12.5. The number of hydrogen-bond acceptors (Lipinski definition) is 8. The molecule has 4 aromatic rings. The van der Waals surface area contributed by atoms with Crippen LogP contribution in [-0.2, 0) is 20.9 Å². The van der Waals surface area contributed by atoms with E-state index in [9.17, 15) is 19.2 Å². The zero-order valence-electron chi connectivity index (χ0n) is 21.6. The van der Waals surface area contributed by atoms with E-state index in [1.54, 1.807) is 62.0 Å². The van der Waals surface area contributed by atoms with Crippen molar-refractivity contribution in [2.75, 3.05) is 17.3 Å². The fraction of sp³-hybridized carbons (Fsp3) is 0.207. The summed E-state index contributed by atoms with van der Waals surface area (Å²) in [6.07, 6.45) is 3.30. The monoisotopic (exact) mass is 572 g/mol. The number of imide groups is 1. The summed E-state index contributed by atoms with van der Waals surface area (Å²) in [5.74, 6) is -1.64. The van der Waals surface area contributed by atoms with Crippen LogP contribution in [0.25, 0.3) is 0 Å². The number of thiazole rings is 1. The summed E-state index contributed by atoms with van der Waals surface area (Å²) in [7, 11) is 1.56. The van der Waals surface area contributed by atoms with Gasteiger partial charge in [-0.2, -0.15) is 0 Å². The molecule has 0 spiro atoms. The zero-order valence-corrected chi connectivity index (χ0v) is 23.2. The number of rotatable bonds is 6. The lowest BCUT2D eigenvalue weighted by atomic mass is 9.84. The van der Waals surface area contributed by atoms with E-state index in [1.807, 2.05) is 25.1 Å². The number of fused-ring (bicyclic) bond motifs is 2. The van der Waals surface area contributed by atoms with Crippen molar-refractivity contribution in [1.29, 1.82) is 0 Å². The van der Waals surface area contributed by atoms with Crippen LogP contribution in [-0.4, -0.2) is 39.6 Å². The van der Waals surface area contributed by atoms with Gasteiger partial charge in [-0.25, -0.2) is 4.90 Å². The first kappa shape index (κ1) is 26.0. The predicted molar refractivity (Wildman–Crippen MR) is 153 cm³/mol. The van der Waals surface area contributed by atoms with E-state index in [4.69, 9.17) is 4.74 Å². The highest BCUT2D eigenvalue weighted by Crippen LogP contribution is 2.53. The van der Waals surface area contributed by atoms with E-state index < -0.39 is 17.1 Å². The molecule has 2 aliphatic heterocycles. The lowest BCUT2D eigenvalue weighted by Crippen LogP contribution is -2.33. The summed E-state index contributed by atoms with van der Waals surface area (Å²) >= 11 is 2.19. The number of hydrogen-bond donors (Lipinski definition) is 1. The molecule has 2 aromatic heterocycles. The van der Waals surface area contributed by atoms with E-state index in [0.717, 1.165) is 22.5 Å². The van der Waals surface area contributed by atoms with Crippen molar-refractivity contribution in [1.82, 2.24) is 9.55 Å². The van der Waals surface area contributed by atoms with Crippen LogP contribution in [0, 0.1) is 12.8 Å². The largest absolute Gasteiger partial charge is 0.497 e. The Morgan fingerprint density at radius 1 is 1.02 bits per heavy atom. The Morgan fingerprint density at radius 3 is 2.45 bits per heavy atom. The molecular weight excluding hydrogens is 548 g/mol. The molecule has 0 bridgehead atoms. The van der Waals surface area contributed by atoms with Gasteiger partial charge in [0.05, 0.1) is 23.7 Å². The van der Waals surface area contributed by atoms with Gasteiger partial charge in [-0.15, -0.1) is 0 Å². The molecule has 3 unspecified atom stereocenters. The van der Waals surface area contributed by atoms with Crippen molar-refractivity contribution in [3.05, 3.63) is 98.7 Å². The highest BCUT2D eigenvalue weighted by atomic mass is 32.2. The Morgan fingerprint density at radius 2 is 1.77 bits per heavy atom. The van der Waals surface area contributed by atoms with E-state index >= 15 is 0 Å². The third-order valence-electron chi connectivity index (χ3n) is 7.06. The molecule has 9 nitrogen and oxygen atoms in total. The number of aromatic nitrogens is 2. The van der Waals surface area contributed by atoms with Gasteiger partial charge in [-0.1, -0.05) is 46.9 Å². The molecule has 3 amide bonds. The maximum Gasteiger partial charge on any atom is 0.308 e. The average Bonchev–Trinajstić information content (AvgIpc) is 3.40. The maximum absolute atomic E-state index is 13.9. The smallest absolute Gasteiger partial charge is 0.308 e. The molecule has 1 saturated heterocycles. The molecular formula is C29H24N4O5S2. The number of nitrogens with zero attached hydrogens (tertiary/aromatic N) is 3. The molecule has 0 radical (unpaired) electrons. The van der Waals surface area contributed by atoms with Gasteiger partial charge >= 0.3 is 4.87 Å². The third-order valence-corrected chi connectivity index (χ3v) is 9.66. The number of amides is 3. The van der Waals surface area contributed by atoms with Crippen LogP contribution in [0.15, 0.2) is 82.9 Å². The van der Waals surface area contributed by atoms with Crippen LogP contribution in [0.5, 0.6) is 5.75 Å². The van der Waals surface area contributed by atoms with E-state index in [1.165, 1.54) is 21.2 Å². The Balaban J connectivity index is 1.37. The Hall–Kier alpha value is -4.22. The zero-order chi connectivity index (χ0) is 28.0. The highest BCUT2D eigenvalue weighted by molar-refractivity contribution is 8.00. The number of thioether (sulfide) groups is 1. The second-order valence-electron chi connectivity index (χ2n) is 9.58. The third kappa shape index (κ3) is 4.50. The van der Waals surface area contributed by atoms with Crippen molar-refractivity contribution in [2.24, 2.45) is 5.92 Å². The molecule has 2 aliphatic rings. The minimum absolute atomic E-state index is 0.231. The van der Waals surface area contributed by atoms with Crippen molar-refractivity contribution in [2.45, 2.75) is 29.7 Å². The van der Waals surface area contributed by atoms with Crippen LogP contribution in [0.4, 0.5) is 11.4 Å². The van der Waals surface area contributed by atoms with Gasteiger partial charge in [0, 0.05) is 28.9 Å². The van der Waals surface area contributed by atoms with Crippen LogP contribution >= 0.6 is 23.1 Å². The number of carbonyl (C=O) groups excluding carboxylic acids is 3. The first-order valence-corrected chi connectivity index (χ1v) is 14.2. The lowest BCUT2D eigenvalue weighted by Gasteiger charge is -2.30. The lowest BCUT2D eigenvalue weighted by molar-refractivity contribution is -0.122. The van der Waals surface area contributed by atoms with Crippen LogP contribution in [0.3, 0.4) is 0 Å². The second kappa shape index (κ2) is 10.4. The van der Waals surface area contributed by atoms with Crippen molar-refractivity contribution < 1.29 is 19.1 Å². The molecule has 1 fully saturated rings. The molecule has 0 aliphatic carbocycles. The fourth-order valence-corrected chi connectivity index (χ4v) is 7.91. The molecule has 4 heterocycles. The van der Waals surface area contributed by atoms with Crippen molar-refractivity contribution in [3.8, 4) is 5.75 Å². The maximum atomic E-state index is 13.9. The molecule has 40 heavy (non-hydrogen) atoms. The molecule has 3 atom stereocenters. The summed E-state index contributed by atoms with van der Waals surface area (Å²) in [6, 6.07) is 17.8. The van der Waals surface area contributed by atoms with Gasteiger partial charge < -0.3 is 10.1 Å².